The van der Waals surface area contributed by atoms with Gasteiger partial charge in [-0.3, -0.25) is 0 Å². The van der Waals surface area contributed by atoms with E-state index in [2.05, 4.69) is 0 Å². The number of rotatable bonds is 2. The molecule has 0 spiro atoms. The van der Waals surface area contributed by atoms with E-state index in [1.54, 1.807) is 12.1 Å². The fourth-order valence-corrected chi connectivity index (χ4v) is 2.91. The second-order valence-electron chi connectivity index (χ2n) is 5.04. The monoisotopic (exact) mass is 275 g/mol. The molecule has 0 saturated heterocycles. The molecule has 2 nitrogen and oxygen atoms in total. The first-order valence-electron chi connectivity index (χ1n) is 5.95. The Morgan fingerprint density at radius 3 is 2.61 bits per heavy atom. The van der Waals surface area contributed by atoms with E-state index in [1.807, 2.05) is 0 Å². The maximum atomic E-state index is 13.6. The van der Waals surface area contributed by atoms with Gasteiger partial charge in [0, 0.05) is 24.8 Å². The van der Waals surface area contributed by atoms with Crippen molar-refractivity contribution in [1.29, 1.82) is 0 Å². The van der Waals surface area contributed by atoms with Crippen molar-refractivity contribution < 1.29 is 13.9 Å². The number of alkyl halides is 2. The molecule has 0 heterocycles. The Kier molecular flexibility index (Phi) is 3.52. The summed E-state index contributed by atoms with van der Waals surface area (Å²) in [5.41, 5.74) is 5.69. The summed E-state index contributed by atoms with van der Waals surface area (Å²) in [7, 11) is 0. The smallest absolute Gasteiger partial charge is 0.249 e. The lowest BCUT2D eigenvalue weighted by molar-refractivity contribution is -0.0600. The molecule has 3 N–H and O–H groups in total. The lowest BCUT2D eigenvalue weighted by Gasteiger charge is -2.40. The first-order valence-corrected chi connectivity index (χ1v) is 6.33. The molecular formula is C13H16ClF2NO. The van der Waals surface area contributed by atoms with Gasteiger partial charge in [0.1, 0.15) is 5.75 Å². The Balaban J connectivity index is 2.40. The van der Waals surface area contributed by atoms with Gasteiger partial charge in [0.05, 0.1) is 5.02 Å². The predicted molar refractivity (Wildman–Crippen MR) is 67.3 cm³/mol. The molecule has 5 heteroatoms. The minimum Gasteiger partial charge on any atom is -0.506 e. The lowest BCUT2D eigenvalue weighted by Crippen LogP contribution is -2.44. The van der Waals surface area contributed by atoms with Crippen molar-refractivity contribution in [2.24, 2.45) is 5.73 Å². The van der Waals surface area contributed by atoms with Crippen LogP contribution in [0.15, 0.2) is 18.2 Å². The van der Waals surface area contributed by atoms with Crippen LogP contribution in [0, 0.1) is 0 Å². The average molecular weight is 276 g/mol. The molecule has 100 valence electrons. The number of nitrogens with two attached hydrogens (primary N) is 1. The third-order valence-corrected chi connectivity index (χ3v) is 4.05. The molecule has 1 saturated carbocycles. The van der Waals surface area contributed by atoms with E-state index in [4.69, 9.17) is 17.3 Å². The van der Waals surface area contributed by atoms with Crippen molar-refractivity contribution >= 4 is 11.6 Å². The highest BCUT2D eigenvalue weighted by molar-refractivity contribution is 6.32. The maximum absolute atomic E-state index is 13.6. The summed E-state index contributed by atoms with van der Waals surface area (Å²) in [6.07, 6.45) is 0.737. The summed E-state index contributed by atoms with van der Waals surface area (Å²) < 4.78 is 27.2. The van der Waals surface area contributed by atoms with Crippen LogP contribution >= 0.6 is 11.6 Å². The summed E-state index contributed by atoms with van der Waals surface area (Å²) in [5.74, 6) is -2.72. The SMILES string of the molecule is NCC1(c2ccc(O)c(Cl)c2)CCCC(F)(F)C1. The predicted octanol–water partition coefficient (Wildman–Crippen LogP) is 3.45. The van der Waals surface area contributed by atoms with Crippen LogP contribution in [0.5, 0.6) is 5.75 Å². The van der Waals surface area contributed by atoms with Gasteiger partial charge in [0.15, 0.2) is 0 Å². The quantitative estimate of drug-likeness (QED) is 0.868. The topological polar surface area (TPSA) is 46.2 Å². The van der Waals surface area contributed by atoms with Crippen LogP contribution in [0.25, 0.3) is 0 Å². The standard InChI is InChI=1S/C13H16ClF2NO/c14-10-6-9(2-3-11(10)18)12(8-17)4-1-5-13(15,16)7-12/h2-3,6,18H,1,4-5,7-8,17H2. The molecule has 1 aliphatic carbocycles. The molecular weight excluding hydrogens is 260 g/mol. The molecule has 0 aliphatic heterocycles. The summed E-state index contributed by atoms with van der Waals surface area (Å²) in [4.78, 5) is 0. The van der Waals surface area contributed by atoms with Gasteiger partial charge < -0.3 is 10.8 Å². The zero-order valence-corrected chi connectivity index (χ0v) is 10.7. The van der Waals surface area contributed by atoms with Crippen LogP contribution in [0.3, 0.4) is 0 Å². The number of phenolic OH excluding ortho intramolecular Hbond substituents is 1. The van der Waals surface area contributed by atoms with Crippen molar-refractivity contribution in [1.82, 2.24) is 0 Å². The van der Waals surface area contributed by atoms with Gasteiger partial charge in [-0.2, -0.15) is 0 Å². The molecule has 1 aromatic rings. The number of phenols is 1. The first kappa shape index (κ1) is 13.6. The Labute approximate surface area is 110 Å². The van der Waals surface area contributed by atoms with Crippen molar-refractivity contribution in [2.75, 3.05) is 6.54 Å². The number of benzene rings is 1. The second-order valence-corrected chi connectivity index (χ2v) is 5.44. The molecule has 0 bridgehead atoms. The Morgan fingerprint density at radius 2 is 2.06 bits per heavy atom. The van der Waals surface area contributed by atoms with Crippen molar-refractivity contribution in [3.05, 3.63) is 28.8 Å². The highest BCUT2D eigenvalue weighted by Gasteiger charge is 2.46. The average Bonchev–Trinajstić information content (AvgIpc) is 2.31. The zero-order chi connectivity index (χ0) is 13.4. The van der Waals surface area contributed by atoms with E-state index >= 15 is 0 Å². The summed E-state index contributed by atoms with van der Waals surface area (Å²) in [6.45, 7) is 0.156. The molecule has 1 aliphatic rings. The summed E-state index contributed by atoms with van der Waals surface area (Å²) in [5, 5.41) is 9.57. The molecule has 18 heavy (non-hydrogen) atoms. The lowest BCUT2D eigenvalue weighted by atomic mass is 9.68. The van der Waals surface area contributed by atoms with E-state index < -0.39 is 11.3 Å². The molecule has 1 fully saturated rings. The molecule has 2 rings (SSSR count). The number of aromatic hydroxyl groups is 1. The minimum absolute atomic E-state index is 0.0462. The summed E-state index contributed by atoms with van der Waals surface area (Å²) >= 11 is 5.84. The third-order valence-electron chi connectivity index (χ3n) is 3.75. The van der Waals surface area contributed by atoms with Crippen LogP contribution in [-0.4, -0.2) is 17.6 Å². The zero-order valence-electron chi connectivity index (χ0n) is 9.93. The van der Waals surface area contributed by atoms with Crippen LogP contribution in [-0.2, 0) is 5.41 Å². The molecule has 0 aromatic heterocycles. The second kappa shape index (κ2) is 4.67. The van der Waals surface area contributed by atoms with E-state index in [0.29, 0.717) is 18.4 Å². The summed E-state index contributed by atoms with van der Waals surface area (Å²) in [6, 6.07) is 4.61. The highest BCUT2D eigenvalue weighted by atomic mass is 35.5. The fourth-order valence-electron chi connectivity index (χ4n) is 2.73. The van der Waals surface area contributed by atoms with E-state index in [0.717, 1.165) is 0 Å². The van der Waals surface area contributed by atoms with Gasteiger partial charge >= 0.3 is 0 Å². The normalized spacial score (nSPS) is 27.1. The Morgan fingerprint density at radius 1 is 1.33 bits per heavy atom. The van der Waals surface area contributed by atoms with Gasteiger partial charge in [-0.15, -0.1) is 0 Å². The largest absolute Gasteiger partial charge is 0.506 e. The minimum atomic E-state index is -2.68. The Bertz CT molecular complexity index is 453. The van der Waals surface area contributed by atoms with Crippen LogP contribution in [0.4, 0.5) is 8.78 Å². The van der Waals surface area contributed by atoms with Crippen LogP contribution in [0.1, 0.15) is 31.2 Å². The van der Waals surface area contributed by atoms with Crippen molar-refractivity contribution in [3.63, 3.8) is 0 Å². The van der Waals surface area contributed by atoms with Crippen LogP contribution < -0.4 is 5.73 Å². The molecule has 0 radical (unpaired) electrons. The molecule has 1 atom stereocenters. The number of hydrogen-bond acceptors (Lipinski definition) is 2. The first-order chi connectivity index (χ1) is 8.38. The van der Waals surface area contributed by atoms with Gasteiger partial charge in [0.25, 0.3) is 0 Å². The van der Waals surface area contributed by atoms with Crippen molar-refractivity contribution in [2.45, 2.75) is 37.0 Å². The fraction of sp³-hybridized carbons (Fsp3) is 0.538. The maximum Gasteiger partial charge on any atom is 0.249 e. The van der Waals surface area contributed by atoms with E-state index in [1.165, 1.54) is 6.07 Å². The van der Waals surface area contributed by atoms with Gasteiger partial charge in [0.2, 0.25) is 5.92 Å². The molecule has 1 aromatic carbocycles. The van der Waals surface area contributed by atoms with Crippen molar-refractivity contribution in [3.8, 4) is 5.75 Å². The Hall–Kier alpha value is -0.870. The number of halogens is 3. The molecule has 1 unspecified atom stereocenters. The van der Waals surface area contributed by atoms with Gasteiger partial charge in [-0.1, -0.05) is 17.7 Å². The van der Waals surface area contributed by atoms with E-state index in [-0.39, 0.29) is 30.2 Å². The van der Waals surface area contributed by atoms with Gasteiger partial charge in [-0.05, 0) is 30.5 Å². The molecule has 0 amide bonds. The van der Waals surface area contributed by atoms with Crippen LogP contribution in [0.2, 0.25) is 5.02 Å². The van der Waals surface area contributed by atoms with E-state index in [9.17, 15) is 13.9 Å². The number of hydrogen-bond donors (Lipinski definition) is 2. The van der Waals surface area contributed by atoms with Gasteiger partial charge in [-0.25, -0.2) is 8.78 Å². The third kappa shape index (κ3) is 2.45. The highest BCUT2D eigenvalue weighted by Crippen LogP contribution is 2.46.